The van der Waals surface area contributed by atoms with Gasteiger partial charge in [-0.15, -0.1) is 12.4 Å². The van der Waals surface area contributed by atoms with Crippen LogP contribution in [0.4, 0.5) is 0 Å². The molecule has 1 saturated heterocycles. The molecule has 1 aliphatic heterocycles. The SMILES string of the molecule is Cl.c1ccc2cc([C@H]3CNCCN3)ccc2c1. The van der Waals surface area contributed by atoms with Crippen LogP contribution >= 0.6 is 12.4 Å². The van der Waals surface area contributed by atoms with Crippen molar-refractivity contribution in [2.24, 2.45) is 0 Å². The minimum atomic E-state index is 0. The van der Waals surface area contributed by atoms with Crippen molar-refractivity contribution in [2.75, 3.05) is 19.6 Å². The molecule has 2 aromatic rings. The Morgan fingerprint density at radius 2 is 1.76 bits per heavy atom. The van der Waals surface area contributed by atoms with E-state index in [1.807, 2.05) is 0 Å². The van der Waals surface area contributed by atoms with Crippen LogP contribution in [-0.4, -0.2) is 19.6 Å². The van der Waals surface area contributed by atoms with Crippen LogP contribution in [0.1, 0.15) is 11.6 Å². The second-order valence-electron chi connectivity index (χ2n) is 4.32. The molecule has 3 heteroatoms. The number of hydrogen-bond donors (Lipinski definition) is 2. The molecule has 0 radical (unpaired) electrons. The Morgan fingerprint density at radius 3 is 2.53 bits per heavy atom. The number of rotatable bonds is 1. The first-order chi connectivity index (χ1) is 7.93. The zero-order chi connectivity index (χ0) is 10.8. The predicted octanol–water partition coefficient (Wildman–Crippen LogP) is 2.50. The molecule has 2 aromatic carbocycles. The van der Waals surface area contributed by atoms with Gasteiger partial charge in [-0.05, 0) is 22.4 Å². The van der Waals surface area contributed by atoms with Crippen molar-refractivity contribution in [1.82, 2.24) is 10.6 Å². The Balaban J connectivity index is 0.00000108. The summed E-state index contributed by atoms with van der Waals surface area (Å²) in [5.41, 5.74) is 1.38. The third-order valence-electron chi connectivity index (χ3n) is 3.22. The number of halogens is 1. The van der Waals surface area contributed by atoms with E-state index in [-0.39, 0.29) is 12.4 Å². The minimum absolute atomic E-state index is 0. The van der Waals surface area contributed by atoms with Gasteiger partial charge in [0, 0.05) is 25.7 Å². The van der Waals surface area contributed by atoms with Gasteiger partial charge in [0.2, 0.25) is 0 Å². The average molecular weight is 249 g/mol. The number of fused-ring (bicyclic) bond motifs is 1. The Kier molecular flexibility index (Phi) is 4.00. The fourth-order valence-corrected chi connectivity index (χ4v) is 2.31. The van der Waals surface area contributed by atoms with Gasteiger partial charge in [0.05, 0.1) is 0 Å². The summed E-state index contributed by atoms with van der Waals surface area (Å²) in [4.78, 5) is 0. The molecule has 0 aliphatic carbocycles. The van der Waals surface area contributed by atoms with E-state index < -0.39 is 0 Å². The van der Waals surface area contributed by atoms with Gasteiger partial charge in [-0.1, -0.05) is 36.4 Å². The van der Waals surface area contributed by atoms with E-state index in [0.29, 0.717) is 6.04 Å². The number of benzene rings is 2. The zero-order valence-corrected chi connectivity index (χ0v) is 10.5. The topological polar surface area (TPSA) is 24.1 Å². The Labute approximate surface area is 108 Å². The standard InChI is InChI=1S/C14H16N2.ClH/c1-2-4-12-9-13(6-5-11(12)3-1)14-10-15-7-8-16-14;/h1-6,9,14-16H,7-8,10H2;1H/t14-;/m1./s1. The normalized spacial score (nSPS) is 19.9. The molecule has 0 saturated carbocycles. The number of nitrogens with one attached hydrogen (secondary N) is 2. The van der Waals surface area contributed by atoms with Crippen molar-refractivity contribution in [2.45, 2.75) is 6.04 Å². The Hall–Kier alpha value is -1.09. The average Bonchev–Trinajstić information content (AvgIpc) is 2.39. The minimum Gasteiger partial charge on any atom is -0.314 e. The summed E-state index contributed by atoms with van der Waals surface area (Å²) in [6.45, 7) is 3.15. The summed E-state index contributed by atoms with van der Waals surface area (Å²) in [5, 5.41) is 9.60. The molecule has 0 spiro atoms. The monoisotopic (exact) mass is 248 g/mol. The summed E-state index contributed by atoms with van der Waals surface area (Å²) in [6, 6.07) is 15.7. The molecule has 0 amide bonds. The quantitative estimate of drug-likeness (QED) is 0.810. The van der Waals surface area contributed by atoms with Crippen molar-refractivity contribution in [1.29, 1.82) is 0 Å². The molecule has 0 bridgehead atoms. The highest BCUT2D eigenvalue weighted by molar-refractivity contribution is 5.85. The van der Waals surface area contributed by atoms with Crippen molar-refractivity contribution in [3.05, 3.63) is 48.0 Å². The first-order valence-corrected chi connectivity index (χ1v) is 5.86. The second kappa shape index (κ2) is 5.50. The maximum atomic E-state index is 3.54. The molecule has 2 N–H and O–H groups in total. The van der Waals surface area contributed by atoms with Crippen LogP contribution in [0.25, 0.3) is 10.8 Å². The lowest BCUT2D eigenvalue weighted by Gasteiger charge is -2.25. The summed E-state index contributed by atoms with van der Waals surface area (Å²) in [7, 11) is 0. The van der Waals surface area contributed by atoms with Crippen LogP contribution in [0.2, 0.25) is 0 Å². The molecular weight excluding hydrogens is 232 g/mol. The van der Waals surface area contributed by atoms with Crippen molar-refractivity contribution in [3.8, 4) is 0 Å². The van der Waals surface area contributed by atoms with Gasteiger partial charge in [0.1, 0.15) is 0 Å². The highest BCUT2D eigenvalue weighted by atomic mass is 35.5. The summed E-state index contributed by atoms with van der Waals surface area (Å²) < 4.78 is 0. The van der Waals surface area contributed by atoms with Crippen molar-refractivity contribution >= 4 is 23.2 Å². The Morgan fingerprint density at radius 1 is 0.941 bits per heavy atom. The van der Waals surface area contributed by atoms with Gasteiger partial charge in [-0.2, -0.15) is 0 Å². The van der Waals surface area contributed by atoms with Gasteiger partial charge in [-0.25, -0.2) is 0 Å². The van der Waals surface area contributed by atoms with E-state index in [1.54, 1.807) is 0 Å². The third kappa shape index (κ3) is 2.60. The zero-order valence-electron chi connectivity index (χ0n) is 9.65. The van der Waals surface area contributed by atoms with Crippen LogP contribution < -0.4 is 10.6 Å². The molecule has 3 rings (SSSR count). The molecule has 17 heavy (non-hydrogen) atoms. The van der Waals surface area contributed by atoms with Crippen LogP contribution in [0.3, 0.4) is 0 Å². The Bertz CT molecular complexity index is 492. The number of hydrogen-bond acceptors (Lipinski definition) is 2. The number of piperazine rings is 1. The van der Waals surface area contributed by atoms with E-state index in [2.05, 4.69) is 53.1 Å². The molecule has 0 unspecified atom stereocenters. The molecule has 1 fully saturated rings. The molecule has 0 aromatic heterocycles. The summed E-state index contributed by atoms with van der Waals surface area (Å²) in [6.07, 6.45) is 0. The van der Waals surface area contributed by atoms with Crippen LogP contribution in [0, 0.1) is 0 Å². The second-order valence-corrected chi connectivity index (χ2v) is 4.32. The lowest BCUT2D eigenvalue weighted by molar-refractivity contribution is 0.430. The fourth-order valence-electron chi connectivity index (χ4n) is 2.31. The van der Waals surface area contributed by atoms with E-state index in [0.717, 1.165) is 19.6 Å². The lowest BCUT2D eigenvalue weighted by atomic mass is 10.0. The predicted molar refractivity (Wildman–Crippen MR) is 74.8 cm³/mol. The lowest BCUT2D eigenvalue weighted by Crippen LogP contribution is -2.42. The molecule has 1 atom stereocenters. The first kappa shape index (κ1) is 12.4. The molecule has 2 nitrogen and oxygen atoms in total. The van der Waals surface area contributed by atoms with Gasteiger partial charge in [0.15, 0.2) is 0 Å². The summed E-state index contributed by atoms with van der Waals surface area (Å²) in [5.74, 6) is 0. The van der Waals surface area contributed by atoms with Crippen LogP contribution in [0.5, 0.6) is 0 Å². The van der Waals surface area contributed by atoms with Gasteiger partial charge < -0.3 is 10.6 Å². The molecule has 90 valence electrons. The van der Waals surface area contributed by atoms with Gasteiger partial charge in [-0.3, -0.25) is 0 Å². The van der Waals surface area contributed by atoms with E-state index in [9.17, 15) is 0 Å². The molecular formula is C14H17ClN2. The van der Waals surface area contributed by atoms with Gasteiger partial charge >= 0.3 is 0 Å². The largest absolute Gasteiger partial charge is 0.314 e. The highest BCUT2D eigenvalue weighted by Gasteiger charge is 2.13. The fraction of sp³-hybridized carbons (Fsp3) is 0.286. The van der Waals surface area contributed by atoms with Gasteiger partial charge in [0.25, 0.3) is 0 Å². The van der Waals surface area contributed by atoms with Crippen LogP contribution in [0.15, 0.2) is 42.5 Å². The first-order valence-electron chi connectivity index (χ1n) is 5.86. The van der Waals surface area contributed by atoms with Crippen molar-refractivity contribution in [3.63, 3.8) is 0 Å². The maximum Gasteiger partial charge on any atom is 0.0447 e. The van der Waals surface area contributed by atoms with Crippen LogP contribution in [-0.2, 0) is 0 Å². The maximum absolute atomic E-state index is 3.54. The van der Waals surface area contributed by atoms with Crippen molar-refractivity contribution < 1.29 is 0 Å². The molecule has 1 aliphatic rings. The highest BCUT2D eigenvalue weighted by Crippen LogP contribution is 2.20. The third-order valence-corrected chi connectivity index (χ3v) is 3.22. The van der Waals surface area contributed by atoms with E-state index >= 15 is 0 Å². The summed E-state index contributed by atoms with van der Waals surface area (Å²) >= 11 is 0. The smallest absolute Gasteiger partial charge is 0.0447 e. The molecule has 1 heterocycles. The van der Waals surface area contributed by atoms with E-state index in [4.69, 9.17) is 0 Å². The van der Waals surface area contributed by atoms with E-state index in [1.165, 1.54) is 16.3 Å².